The Morgan fingerprint density at radius 3 is 2.80 bits per heavy atom. The number of pyridine rings is 1. The summed E-state index contributed by atoms with van der Waals surface area (Å²) in [5, 5.41) is 1.01. The summed E-state index contributed by atoms with van der Waals surface area (Å²) >= 11 is 0. The molecule has 100 valence electrons. The molecule has 0 aliphatic heterocycles. The smallest absolute Gasteiger partial charge is 0.128 e. The molecule has 0 spiro atoms. The van der Waals surface area contributed by atoms with E-state index in [9.17, 15) is 4.39 Å². The fourth-order valence-electron chi connectivity index (χ4n) is 2.37. The molecule has 1 heterocycles. The van der Waals surface area contributed by atoms with Crippen LogP contribution in [-0.4, -0.2) is 4.98 Å². The molecule has 0 fully saturated rings. The first kappa shape index (κ1) is 12.8. The predicted molar refractivity (Wildman–Crippen MR) is 78.9 cm³/mol. The van der Waals surface area contributed by atoms with E-state index in [-0.39, 0.29) is 5.82 Å². The summed E-state index contributed by atoms with van der Waals surface area (Å²) in [5.74, 6) is -0.269. The van der Waals surface area contributed by atoms with Gasteiger partial charge >= 0.3 is 0 Å². The molecule has 0 aliphatic rings. The number of nitrogens with two attached hydrogens (primary N) is 1. The molecule has 2 nitrogen and oxygen atoms in total. The Balaban J connectivity index is 2.07. The average molecular weight is 266 g/mol. The first-order chi connectivity index (χ1) is 9.65. The lowest BCUT2D eigenvalue weighted by Gasteiger charge is -2.15. The van der Waals surface area contributed by atoms with E-state index in [2.05, 4.69) is 4.98 Å². The van der Waals surface area contributed by atoms with E-state index < -0.39 is 6.04 Å². The van der Waals surface area contributed by atoms with Gasteiger partial charge in [-0.3, -0.25) is 4.98 Å². The number of halogens is 1. The monoisotopic (exact) mass is 266 g/mol. The number of benzene rings is 2. The maximum atomic E-state index is 13.9. The Bertz CT molecular complexity index is 768. The van der Waals surface area contributed by atoms with Crippen LogP contribution in [0.2, 0.25) is 0 Å². The summed E-state index contributed by atoms with van der Waals surface area (Å²) in [6, 6.07) is 14.2. The number of aromatic nitrogens is 1. The molecular formula is C17H15FN2. The summed E-state index contributed by atoms with van der Waals surface area (Å²) in [6.07, 6.45) is 1.75. The molecule has 2 aromatic carbocycles. The van der Waals surface area contributed by atoms with E-state index in [1.807, 2.05) is 37.3 Å². The van der Waals surface area contributed by atoms with E-state index >= 15 is 0 Å². The Morgan fingerprint density at radius 1 is 1.10 bits per heavy atom. The first-order valence-electron chi connectivity index (χ1n) is 6.51. The number of hydrogen-bond donors (Lipinski definition) is 1. The molecule has 3 heteroatoms. The van der Waals surface area contributed by atoms with Crippen LogP contribution in [0.5, 0.6) is 0 Å². The van der Waals surface area contributed by atoms with Crippen molar-refractivity contribution in [2.45, 2.75) is 13.0 Å². The van der Waals surface area contributed by atoms with Gasteiger partial charge in [0.15, 0.2) is 0 Å². The minimum Gasteiger partial charge on any atom is -0.320 e. The number of fused-ring (bicyclic) bond motifs is 1. The Labute approximate surface area is 117 Å². The first-order valence-corrected chi connectivity index (χ1v) is 6.51. The highest BCUT2D eigenvalue weighted by Gasteiger charge is 2.14. The third-order valence-electron chi connectivity index (χ3n) is 3.47. The molecule has 20 heavy (non-hydrogen) atoms. The highest BCUT2D eigenvalue weighted by molar-refractivity contribution is 5.79. The maximum absolute atomic E-state index is 13.9. The lowest BCUT2D eigenvalue weighted by molar-refractivity contribution is 0.599. The number of nitrogens with zero attached hydrogens (tertiary/aromatic N) is 1. The van der Waals surface area contributed by atoms with Crippen LogP contribution in [0.25, 0.3) is 10.9 Å². The fourth-order valence-corrected chi connectivity index (χ4v) is 2.37. The molecule has 0 bridgehead atoms. The third-order valence-corrected chi connectivity index (χ3v) is 3.47. The molecule has 0 saturated carbocycles. The second kappa shape index (κ2) is 5.02. The van der Waals surface area contributed by atoms with Gasteiger partial charge in [-0.1, -0.05) is 29.8 Å². The molecule has 1 unspecified atom stereocenters. The second-order valence-corrected chi connectivity index (χ2v) is 4.96. The van der Waals surface area contributed by atoms with Crippen molar-refractivity contribution in [2.75, 3.05) is 0 Å². The predicted octanol–water partition coefficient (Wildman–Crippen LogP) is 3.73. The maximum Gasteiger partial charge on any atom is 0.128 e. The van der Waals surface area contributed by atoms with Crippen molar-refractivity contribution in [3.63, 3.8) is 0 Å². The summed E-state index contributed by atoms with van der Waals surface area (Å²) < 4.78 is 13.9. The SMILES string of the molecule is Cc1ccc(F)c(C(N)c2ccc3ncccc3c2)c1. The largest absolute Gasteiger partial charge is 0.320 e. The molecule has 0 aliphatic carbocycles. The highest BCUT2D eigenvalue weighted by Crippen LogP contribution is 2.25. The topological polar surface area (TPSA) is 38.9 Å². The van der Waals surface area contributed by atoms with Gasteiger partial charge in [-0.25, -0.2) is 4.39 Å². The molecule has 1 atom stereocenters. The standard InChI is InChI=1S/C17H15FN2/c1-11-4-6-15(18)14(9-11)17(19)13-5-7-16-12(10-13)3-2-8-20-16/h2-10,17H,19H2,1H3. The summed E-state index contributed by atoms with van der Waals surface area (Å²) in [7, 11) is 0. The van der Waals surface area contributed by atoms with E-state index in [0.717, 1.165) is 22.0 Å². The van der Waals surface area contributed by atoms with Crippen molar-refractivity contribution in [3.8, 4) is 0 Å². The molecule has 2 N–H and O–H groups in total. The Morgan fingerprint density at radius 2 is 1.95 bits per heavy atom. The minimum absolute atomic E-state index is 0.269. The number of hydrogen-bond acceptors (Lipinski definition) is 2. The van der Waals surface area contributed by atoms with Gasteiger partial charge in [0, 0.05) is 17.1 Å². The zero-order chi connectivity index (χ0) is 14.1. The molecule has 1 aromatic heterocycles. The molecule has 0 saturated heterocycles. The minimum atomic E-state index is -0.473. The normalized spacial score (nSPS) is 12.6. The average Bonchev–Trinajstić information content (AvgIpc) is 2.48. The zero-order valence-electron chi connectivity index (χ0n) is 11.2. The summed E-state index contributed by atoms with van der Waals surface area (Å²) in [4.78, 5) is 4.27. The molecule has 3 rings (SSSR count). The van der Waals surface area contributed by atoms with Gasteiger partial charge in [0.05, 0.1) is 11.6 Å². The van der Waals surface area contributed by atoms with Gasteiger partial charge in [0.1, 0.15) is 5.82 Å². The molecular weight excluding hydrogens is 251 g/mol. The Kier molecular flexibility index (Phi) is 3.20. The van der Waals surface area contributed by atoms with Crippen molar-refractivity contribution >= 4 is 10.9 Å². The van der Waals surface area contributed by atoms with E-state index in [4.69, 9.17) is 5.73 Å². The van der Waals surface area contributed by atoms with Crippen molar-refractivity contribution in [1.29, 1.82) is 0 Å². The van der Waals surface area contributed by atoms with Gasteiger partial charge in [-0.2, -0.15) is 0 Å². The summed E-state index contributed by atoms with van der Waals surface area (Å²) in [5.41, 5.74) is 9.53. The zero-order valence-corrected chi connectivity index (χ0v) is 11.2. The van der Waals surface area contributed by atoms with E-state index in [0.29, 0.717) is 5.56 Å². The van der Waals surface area contributed by atoms with Crippen LogP contribution in [0, 0.1) is 12.7 Å². The number of aryl methyl sites for hydroxylation is 1. The van der Waals surface area contributed by atoms with Crippen molar-refractivity contribution < 1.29 is 4.39 Å². The van der Waals surface area contributed by atoms with Crippen LogP contribution in [0.3, 0.4) is 0 Å². The van der Waals surface area contributed by atoms with Gasteiger partial charge in [0.2, 0.25) is 0 Å². The van der Waals surface area contributed by atoms with Crippen LogP contribution in [0.1, 0.15) is 22.7 Å². The van der Waals surface area contributed by atoms with E-state index in [1.165, 1.54) is 6.07 Å². The van der Waals surface area contributed by atoms with Crippen molar-refractivity contribution in [2.24, 2.45) is 5.73 Å². The van der Waals surface area contributed by atoms with Gasteiger partial charge < -0.3 is 5.73 Å². The highest BCUT2D eigenvalue weighted by atomic mass is 19.1. The van der Waals surface area contributed by atoms with Gasteiger partial charge in [-0.15, -0.1) is 0 Å². The third kappa shape index (κ3) is 2.28. The molecule has 0 radical (unpaired) electrons. The lowest BCUT2D eigenvalue weighted by Crippen LogP contribution is -2.13. The van der Waals surface area contributed by atoms with E-state index in [1.54, 1.807) is 18.3 Å². The van der Waals surface area contributed by atoms with Crippen LogP contribution < -0.4 is 5.73 Å². The Hall–Kier alpha value is -2.26. The quantitative estimate of drug-likeness (QED) is 0.767. The molecule has 0 amide bonds. The van der Waals surface area contributed by atoms with Gasteiger partial charge in [0.25, 0.3) is 0 Å². The van der Waals surface area contributed by atoms with Crippen LogP contribution in [0.4, 0.5) is 4.39 Å². The van der Waals surface area contributed by atoms with Crippen molar-refractivity contribution in [1.82, 2.24) is 4.98 Å². The second-order valence-electron chi connectivity index (χ2n) is 4.96. The van der Waals surface area contributed by atoms with Crippen LogP contribution in [0.15, 0.2) is 54.7 Å². The fraction of sp³-hybridized carbons (Fsp3) is 0.118. The van der Waals surface area contributed by atoms with Gasteiger partial charge in [-0.05, 0) is 36.8 Å². The van der Waals surface area contributed by atoms with Crippen molar-refractivity contribution in [3.05, 3.63) is 77.2 Å². The summed E-state index contributed by atoms with van der Waals surface area (Å²) in [6.45, 7) is 1.93. The lowest BCUT2D eigenvalue weighted by atomic mass is 9.96. The van der Waals surface area contributed by atoms with Crippen LogP contribution in [-0.2, 0) is 0 Å². The number of rotatable bonds is 2. The van der Waals surface area contributed by atoms with Crippen LogP contribution >= 0.6 is 0 Å². The molecule has 3 aromatic rings.